The molecular formula is C17H30B3O12P2. The van der Waals surface area contributed by atoms with Gasteiger partial charge < -0.3 is 23.6 Å². The van der Waals surface area contributed by atoms with Crippen molar-refractivity contribution in [2.45, 2.75) is 83.1 Å². The third kappa shape index (κ3) is 9.69. The van der Waals surface area contributed by atoms with E-state index in [4.69, 9.17) is 43.4 Å². The van der Waals surface area contributed by atoms with Crippen LogP contribution in [0.15, 0.2) is 0 Å². The van der Waals surface area contributed by atoms with Crippen LogP contribution in [0.2, 0.25) is 0 Å². The molecule has 17 heteroatoms. The number of hydrogen-bond acceptors (Lipinski definition) is 10. The molecule has 0 amide bonds. The quantitative estimate of drug-likeness (QED) is 0.260. The van der Waals surface area contributed by atoms with Crippen molar-refractivity contribution in [3.8, 4) is 0 Å². The molecule has 0 saturated carbocycles. The van der Waals surface area contributed by atoms with Gasteiger partial charge in [0, 0.05) is 19.7 Å². The van der Waals surface area contributed by atoms with Crippen molar-refractivity contribution in [1.82, 2.24) is 0 Å². The first-order valence-electron chi connectivity index (χ1n) is 10.8. The van der Waals surface area contributed by atoms with Gasteiger partial charge in [-0.05, 0) is 32.6 Å². The number of carbonyl (C=O) groups is 1. The summed E-state index contributed by atoms with van der Waals surface area (Å²) in [6.07, 6.45) is -4.88. The standard InChI is InChI=1S/C17H30B3O12P2/c1-9(2)7-27-33(22,23)31-12-5-14(18)29-16(12)17(21)32-34(24,25)30-11-6-15(20-19)28-13(11)8-26-10(3)4/h9-16H,5-8H2,1-4H3,(H,22,23)(H,24,25). The van der Waals surface area contributed by atoms with Crippen LogP contribution >= 0.6 is 15.6 Å². The molecule has 2 aliphatic rings. The highest BCUT2D eigenvalue weighted by Gasteiger charge is 2.47. The molecule has 0 aromatic carbocycles. The Hall–Kier alpha value is -0.195. The fourth-order valence-electron chi connectivity index (χ4n) is 3.21. The summed E-state index contributed by atoms with van der Waals surface area (Å²) in [4.78, 5) is 32.6. The average Bonchev–Trinajstić information content (AvgIpc) is 3.26. The second kappa shape index (κ2) is 12.9. The molecule has 2 saturated heterocycles. The van der Waals surface area contributed by atoms with Crippen molar-refractivity contribution in [3.63, 3.8) is 0 Å². The summed E-state index contributed by atoms with van der Waals surface area (Å²) in [5, 5.41) is 0. The van der Waals surface area contributed by atoms with E-state index in [1.54, 1.807) is 27.7 Å². The first-order valence-corrected chi connectivity index (χ1v) is 13.8. The largest absolute Gasteiger partial charge is 0.530 e. The van der Waals surface area contributed by atoms with E-state index in [2.05, 4.69) is 4.52 Å². The molecule has 2 heterocycles. The lowest BCUT2D eigenvalue weighted by atomic mass is 9.51. The molecule has 2 aliphatic heterocycles. The van der Waals surface area contributed by atoms with E-state index >= 15 is 0 Å². The van der Waals surface area contributed by atoms with E-state index in [0.29, 0.717) is 0 Å². The third-order valence-corrected chi connectivity index (χ3v) is 6.67. The molecule has 0 aromatic heterocycles. The second-order valence-electron chi connectivity index (χ2n) is 8.68. The summed E-state index contributed by atoms with van der Waals surface area (Å²) in [6, 6.07) is -1.60. The third-order valence-electron chi connectivity index (χ3n) is 4.71. The van der Waals surface area contributed by atoms with Gasteiger partial charge in [0.15, 0.2) is 6.10 Å². The Morgan fingerprint density at radius 1 is 1.09 bits per heavy atom. The first kappa shape index (κ1) is 30.0. The highest BCUT2D eigenvalue weighted by molar-refractivity contribution is 7.48. The Morgan fingerprint density at radius 2 is 1.74 bits per heavy atom. The molecule has 34 heavy (non-hydrogen) atoms. The van der Waals surface area contributed by atoms with Crippen molar-refractivity contribution in [2.24, 2.45) is 5.92 Å². The average molecular weight is 521 g/mol. The van der Waals surface area contributed by atoms with E-state index in [1.165, 1.54) is 7.17 Å². The summed E-state index contributed by atoms with van der Waals surface area (Å²) in [6.45, 7) is 7.11. The van der Waals surface area contributed by atoms with Gasteiger partial charge in [0.05, 0.1) is 26.5 Å². The lowest BCUT2D eigenvalue weighted by Crippen LogP contribution is -2.34. The Balaban J connectivity index is 2.01. The van der Waals surface area contributed by atoms with Crippen molar-refractivity contribution in [1.29, 1.82) is 0 Å². The minimum absolute atomic E-state index is 0.0548. The van der Waals surface area contributed by atoms with Crippen LogP contribution in [0.4, 0.5) is 0 Å². The molecule has 189 valence electrons. The van der Waals surface area contributed by atoms with Gasteiger partial charge in [-0.3, -0.25) is 18.5 Å². The Labute approximate surface area is 202 Å². The SMILES string of the molecule is [B][B]C1CC(OP(=O)(O)OC(=O)C2OC([B])CC2OP(=O)(O)OCC(C)C)C(COC(C)C)O1. The van der Waals surface area contributed by atoms with Gasteiger partial charge in [-0.25, -0.2) is 13.9 Å². The molecule has 0 spiro atoms. The molecule has 5 radical (unpaired) electrons. The summed E-state index contributed by atoms with van der Waals surface area (Å²) in [7, 11) is 2.90. The van der Waals surface area contributed by atoms with Crippen molar-refractivity contribution in [2.75, 3.05) is 13.2 Å². The van der Waals surface area contributed by atoms with E-state index in [1.807, 2.05) is 0 Å². The van der Waals surface area contributed by atoms with Gasteiger partial charge in [0.25, 0.3) is 0 Å². The molecule has 12 nitrogen and oxygen atoms in total. The number of ether oxygens (including phenoxy) is 3. The summed E-state index contributed by atoms with van der Waals surface area (Å²) < 4.78 is 60.7. The summed E-state index contributed by atoms with van der Waals surface area (Å²) >= 11 is 0. The zero-order chi connectivity index (χ0) is 25.7. The van der Waals surface area contributed by atoms with Gasteiger partial charge >= 0.3 is 21.6 Å². The maximum absolute atomic E-state index is 12.6. The molecule has 2 fully saturated rings. The normalized spacial score (nSPS) is 33.1. The van der Waals surface area contributed by atoms with Crippen LogP contribution in [0, 0.1) is 5.92 Å². The van der Waals surface area contributed by atoms with Gasteiger partial charge in [-0.15, -0.1) is 0 Å². The minimum atomic E-state index is -4.97. The van der Waals surface area contributed by atoms with Gasteiger partial charge in [-0.1, -0.05) is 13.8 Å². The van der Waals surface area contributed by atoms with Crippen LogP contribution in [0.1, 0.15) is 40.5 Å². The van der Waals surface area contributed by atoms with Crippen LogP contribution in [-0.4, -0.2) is 94.3 Å². The first-order chi connectivity index (χ1) is 15.7. The maximum Gasteiger partial charge on any atom is 0.530 e. The molecular weight excluding hydrogens is 491 g/mol. The minimum Gasteiger partial charge on any atom is -0.380 e. The highest BCUT2D eigenvalue weighted by atomic mass is 31.2. The Kier molecular flexibility index (Phi) is 11.4. The van der Waals surface area contributed by atoms with Crippen molar-refractivity contribution < 1.29 is 56.0 Å². The number of hydrogen-bond donors (Lipinski definition) is 2. The predicted octanol–water partition coefficient (Wildman–Crippen LogP) is 0.785. The molecule has 0 bridgehead atoms. The zero-order valence-electron chi connectivity index (χ0n) is 19.6. The monoisotopic (exact) mass is 521 g/mol. The van der Waals surface area contributed by atoms with E-state index in [0.717, 1.165) is 0 Å². The molecule has 0 aromatic rings. The molecule has 2 N–H and O–H groups in total. The van der Waals surface area contributed by atoms with Gasteiger partial charge in [0.2, 0.25) is 0 Å². The lowest BCUT2D eigenvalue weighted by Gasteiger charge is -2.24. The smallest absolute Gasteiger partial charge is 0.380 e. The van der Waals surface area contributed by atoms with Gasteiger partial charge in [-0.2, -0.15) is 0 Å². The van der Waals surface area contributed by atoms with Crippen molar-refractivity contribution in [3.05, 3.63) is 0 Å². The zero-order valence-corrected chi connectivity index (χ0v) is 21.3. The van der Waals surface area contributed by atoms with Crippen LogP contribution in [0.5, 0.6) is 0 Å². The van der Waals surface area contributed by atoms with E-state index in [-0.39, 0.29) is 38.1 Å². The van der Waals surface area contributed by atoms with Crippen LogP contribution in [0.3, 0.4) is 0 Å². The Bertz CT molecular complexity index is 772. The summed E-state index contributed by atoms with van der Waals surface area (Å²) in [5.74, 6) is -1.42. The lowest BCUT2D eigenvalue weighted by molar-refractivity contribution is -0.151. The highest BCUT2D eigenvalue weighted by Crippen LogP contribution is 2.50. The number of phosphoric acid groups is 2. The maximum atomic E-state index is 12.6. The number of carbonyl (C=O) groups excluding carboxylic acids is 1. The van der Waals surface area contributed by atoms with Crippen molar-refractivity contribution >= 4 is 44.4 Å². The fraction of sp³-hybridized carbons (Fsp3) is 0.941. The van der Waals surface area contributed by atoms with Crippen LogP contribution < -0.4 is 0 Å². The summed E-state index contributed by atoms with van der Waals surface area (Å²) in [5.41, 5.74) is 0. The number of phosphoric ester groups is 2. The molecule has 2 rings (SSSR count). The van der Waals surface area contributed by atoms with E-state index < -0.39 is 58.0 Å². The fourth-order valence-corrected chi connectivity index (χ4v) is 5.23. The second-order valence-corrected chi connectivity index (χ2v) is 11.4. The topological polar surface area (TPSA) is 156 Å². The van der Waals surface area contributed by atoms with E-state index in [9.17, 15) is 23.7 Å². The molecule has 0 aliphatic carbocycles. The Morgan fingerprint density at radius 3 is 2.32 bits per heavy atom. The van der Waals surface area contributed by atoms with Crippen LogP contribution in [-0.2, 0) is 46.2 Å². The predicted molar refractivity (Wildman–Crippen MR) is 121 cm³/mol. The number of rotatable bonds is 13. The molecule has 8 unspecified atom stereocenters. The molecule has 8 atom stereocenters. The van der Waals surface area contributed by atoms with Crippen LogP contribution in [0.25, 0.3) is 0 Å². The van der Waals surface area contributed by atoms with Gasteiger partial charge in [0.1, 0.15) is 26.2 Å².